The van der Waals surface area contributed by atoms with Crippen molar-refractivity contribution in [3.8, 4) is 11.1 Å². The Morgan fingerprint density at radius 2 is 1.77 bits per heavy atom. The number of rotatable bonds is 5. The Morgan fingerprint density at radius 3 is 2.38 bits per heavy atom. The smallest absolute Gasteiger partial charge is 0.254 e. The van der Waals surface area contributed by atoms with Crippen molar-refractivity contribution in [3.63, 3.8) is 0 Å². The average Bonchev–Trinajstić information content (AvgIpc) is 3.06. The monoisotopic (exact) mass is 365 g/mol. The van der Waals surface area contributed by atoms with Crippen LogP contribution in [-0.2, 0) is 6.54 Å². The van der Waals surface area contributed by atoms with Crippen LogP contribution in [0.3, 0.4) is 0 Å². The van der Waals surface area contributed by atoms with Gasteiger partial charge in [-0.1, -0.05) is 30.3 Å². The second-order valence-electron chi connectivity index (χ2n) is 6.07. The highest BCUT2D eigenvalue weighted by molar-refractivity contribution is 7.09. The summed E-state index contributed by atoms with van der Waals surface area (Å²) >= 11 is 1.52. The summed E-state index contributed by atoms with van der Waals surface area (Å²) in [5.74, 6) is -0.742. The van der Waals surface area contributed by atoms with E-state index in [1.807, 2.05) is 42.6 Å². The van der Waals surface area contributed by atoms with Crippen molar-refractivity contribution in [2.24, 2.45) is 5.73 Å². The molecule has 2 N–H and O–H groups in total. The molecule has 2 aromatic carbocycles. The van der Waals surface area contributed by atoms with Gasteiger partial charge in [0.1, 0.15) is 5.01 Å². The number of carbonyl (C=O) groups is 2. The second-order valence-corrected chi connectivity index (χ2v) is 7.02. The SMILES string of the molecule is Cc1csc(CN(C)C(=O)c2cc(C(N)=O)cc(-c3ccccc3)c2)n1. The summed E-state index contributed by atoms with van der Waals surface area (Å²) in [7, 11) is 1.72. The molecular weight excluding hydrogens is 346 g/mol. The fourth-order valence-corrected chi connectivity index (χ4v) is 3.49. The van der Waals surface area contributed by atoms with E-state index in [0.717, 1.165) is 21.8 Å². The summed E-state index contributed by atoms with van der Waals surface area (Å²) in [6.45, 7) is 2.34. The molecule has 0 radical (unpaired) electrons. The van der Waals surface area contributed by atoms with E-state index in [1.54, 1.807) is 30.1 Å². The summed E-state index contributed by atoms with van der Waals surface area (Å²) in [6, 6.07) is 14.6. The minimum atomic E-state index is -0.560. The summed E-state index contributed by atoms with van der Waals surface area (Å²) in [5, 5.41) is 2.82. The molecule has 0 spiro atoms. The molecule has 1 heterocycles. The van der Waals surface area contributed by atoms with Crippen molar-refractivity contribution < 1.29 is 9.59 Å². The number of primary amides is 1. The van der Waals surface area contributed by atoms with Crippen molar-refractivity contribution in [1.29, 1.82) is 0 Å². The number of nitrogens with zero attached hydrogens (tertiary/aromatic N) is 2. The first-order chi connectivity index (χ1) is 12.4. The lowest BCUT2D eigenvalue weighted by atomic mass is 9.99. The molecule has 0 unspecified atom stereocenters. The van der Waals surface area contributed by atoms with Crippen LogP contribution in [0.2, 0.25) is 0 Å². The number of aryl methyl sites for hydroxylation is 1. The largest absolute Gasteiger partial charge is 0.366 e. The predicted octanol–water partition coefficient (Wildman–Crippen LogP) is 3.49. The van der Waals surface area contributed by atoms with Crippen LogP contribution < -0.4 is 5.73 Å². The van der Waals surface area contributed by atoms with Crippen LogP contribution >= 0.6 is 11.3 Å². The Bertz CT molecular complexity index is 951. The zero-order valence-electron chi connectivity index (χ0n) is 14.6. The molecule has 0 fully saturated rings. The first-order valence-electron chi connectivity index (χ1n) is 8.11. The number of hydrogen-bond acceptors (Lipinski definition) is 4. The van der Waals surface area contributed by atoms with Crippen LogP contribution in [0.4, 0.5) is 0 Å². The molecule has 0 saturated carbocycles. The third-order valence-corrected chi connectivity index (χ3v) is 4.91. The Hall–Kier alpha value is -2.99. The van der Waals surface area contributed by atoms with Crippen LogP contribution in [0.1, 0.15) is 31.4 Å². The van der Waals surface area contributed by atoms with Crippen molar-refractivity contribution in [3.05, 3.63) is 75.7 Å². The van der Waals surface area contributed by atoms with Gasteiger partial charge in [-0.05, 0) is 36.2 Å². The first-order valence-corrected chi connectivity index (χ1v) is 8.99. The number of benzene rings is 2. The number of amides is 2. The van der Waals surface area contributed by atoms with Gasteiger partial charge < -0.3 is 10.6 Å². The molecule has 2 amide bonds. The predicted molar refractivity (Wildman–Crippen MR) is 103 cm³/mol. The van der Waals surface area contributed by atoms with Crippen molar-refractivity contribution >= 4 is 23.2 Å². The Kier molecular flexibility index (Phi) is 5.14. The van der Waals surface area contributed by atoms with Gasteiger partial charge in [-0.2, -0.15) is 0 Å². The van der Waals surface area contributed by atoms with Crippen molar-refractivity contribution in [1.82, 2.24) is 9.88 Å². The number of nitrogens with two attached hydrogens (primary N) is 1. The molecule has 0 aliphatic heterocycles. The van der Waals surface area contributed by atoms with Gasteiger partial charge in [0, 0.05) is 29.2 Å². The molecule has 0 aliphatic rings. The highest BCUT2D eigenvalue weighted by Gasteiger charge is 2.17. The minimum absolute atomic E-state index is 0.182. The van der Waals surface area contributed by atoms with Crippen LogP contribution in [0.5, 0.6) is 0 Å². The molecule has 3 aromatic rings. The van der Waals surface area contributed by atoms with Gasteiger partial charge in [0.15, 0.2) is 0 Å². The summed E-state index contributed by atoms with van der Waals surface area (Å²) in [5.41, 5.74) is 8.84. The van der Waals surface area contributed by atoms with Gasteiger partial charge in [-0.25, -0.2) is 4.98 Å². The highest BCUT2D eigenvalue weighted by Crippen LogP contribution is 2.23. The van der Waals surface area contributed by atoms with Crippen LogP contribution in [0.15, 0.2) is 53.9 Å². The third kappa shape index (κ3) is 3.97. The number of thiazole rings is 1. The van der Waals surface area contributed by atoms with E-state index in [2.05, 4.69) is 4.98 Å². The maximum Gasteiger partial charge on any atom is 0.254 e. The fourth-order valence-electron chi connectivity index (χ4n) is 2.66. The maximum atomic E-state index is 12.9. The molecule has 1 aromatic heterocycles. The number of carbonyl (C=O) groups excluding carboxylic acids is 2. The van der Waals surface area contributed by atoms with E-state index in [1.165, 1.54) is 11.3 Å². The molecule has 0 atom stereocenters. The van der Waals surface area contributed by atoms with E-state index in [9.17, 15) is 9.59 Å². The molecular formula is C20H19N3O2S. The molecule has 6 heteroatoms. The number of hydrogen-bond donors (Lipinski definition) is 1. The minimum Gasteiger partial charge on any atom is -0.366 e. The molecule has 5 nitrogen and oxygen atoms in total. The van der Waals surface area contributed by atoms with Gasteiger partial charge >= 0.3 is 0 Å². The molecule has 132 valence electrons. The summed E-state index contributed by atoms with van der Waals surface area (Å²) in [4.78, 5) is 30.6. The van der Waals surface area contributed by atoms with Gasteiger partial charge in [0.05, 0.1) is 6.54 Å². The molecule has 26 heavy (non-hydrogen) atoms. The average molecular weight is 365 g/mol. The Morgan fingerprint density at radius 1 is 1.08 bits per heavy atom. The molecule has 0 aliphatic carbocycles. The quantitative estimate of drug-likeness (QED) is 0.752. The Balaban J connectivity index is 1.93. The molecule has 3 rings (SSSR count). The van der Waals surface area contributed by atoms with Crippen molar-refractivity contribution in [2.45, 2.75) is 13.5 Å². The van der Waals surface area contributed by atoms with Gasteiger partial charge in [-0.3, -0.25) is 9.59 Å². The zero-order chi connectivity index (χ0) is 18.7. The lowest BCUT2D eigenvalue weighted by molar-refractivity contribution is 0.0785. The normalized spacial score (nSPS) is 10.5. The molecule has 0 saturated heterocycles. The highest BCUT2D eigenvalue weighted by atomic mass is 32.1. The first kappa shape index (κ1) is 17.8. The lowest BCUT2D eigenvalue weighted by Crippen LogP contribution is -2.26. The summed E-state index contributed by atoms with van der Waals surface area (Å²) < 4.78 is 0. The van der Waals surface area contributed by atoms with E-state index >= 15 is 0 Å². The van der Waals surface area contributed by atoms with Gasteiger partial charge in [-0.15, -0.1) is 11.3 Å². The maximum absolute atomic E-state index is 12.9. The van der Waals surface area contributed by atoms with Gasteiger partial charge in [0.25, 0.3) is 5.91 Å². The van der Waals surface area contributed by atoms with E-state index in [0.29, 0.717) is 17.7 Å². The van der Waals surface area contributed by atoms with E-state index < -0.39 is 5.91 Å². The van der Waals surface area contributed by atoms with Crippen LogP contribution in [0.25, 0.3) is 11.1 Å². The standard InChI is InChI=1S/C20H19N3O2S/c1-13-12-26-18(22-13)11-23(2)20(25)17-9-15(8-16(10-17)19(21)24)14-6-4-3-5-7-14/h3-10,12H,11H2,1-2H3,(H2,21,24). The summed E-state index contributed by atoms with van der Waals surface area (Å²) in [6.07, 6.45) is 0. The van der Waals surface area contributed by atoms with Crippen molar-refractivity contribution in [2.75, 3.05) is 7.05 Å². The van der Waals surface area contributed by atoms with E-state index in [4.69, 9.17) is 5.73 Å². The van der Waals surface area contributed by atoms with Crippen LogP contribution in [-0.4, -0.2) is 28.7 Å². The second kappa shape index (κ2) is 7.49. The van der Waals surface area contributed by atoms with E-state index in [-0.39, 0.29) is 5.91 Å². The third-order valence-electron chi connectivity index (χ3n) is 3.96. The topological polar surface area (TPSA) is 76.3 Å². The zero-order valence-corrected chi connectivity index (χ0v) is 15.4. The molecule has 0 bridgehead atoms. The van der Waals surface area contributed by atoms with Gasteiger partial charge in [0.2, 0.25) is 5.91 Å². The number of aromatic nitrogens is 1. The fraction of sp³-hybridized carbons (Fsp3) is 0.150. The lowest BCUT2D eigenvalue weighted by Gasteiger charge is -2.17. The van der Waals surface area contributed by atoms with Crippen LogP contribution in [0, 0.1) is 6.92 Å². The Labute approximate surface area is 156 Å².